The first kappa shape index (κ1) is 24.9. The van der Waals surface area contributed by atoms with E-state index in [1.807, 2.05) is 0 Å². The summed E-state index contributed by atoms with van der Waals surface area (Å²) in [6, 6.07) is 16.7. The summed E-state index contributed by atoms with van der Waals surface area (Å²) < 4.78 is 82.0. The summed E-state index contributed by atoms with van der Waals surface area (Å²) in [5.41, 5.74) is 0.0888. The van der Waals surface area contributed by atoms with Crippen molar-refractivity contribution in [2.24, 2.45) is 0 Å². The number of rotatable bonds is 6. The van der Waals surface area contributed by atoms with Crippen molar-refractivity contribution in [2.75, 3.05) is 5.32 Å². The standard InChI is InChI=1S/C26H19F6N3O/c27-19-13-22(28)24(23(29)14-19)33-25(36)34(15-17-5-2-1-3-6-17)16-21-7-4-12-35(21)20-10-8-18(9-11-20)26(30,31)32/h1-14H,15-16H2,(H,33,36). The van der Waals surface area contributed by atoms with Gasteiger partial charge in [-0.05, 0) is 42.0 Å². The van der Waals surface area contributed by atoms with Crippen LogP contribution in [0.3, 0.4) is 0 Å². The van der Waals surface area contributed by atoms with Gasteiger partial charge in [0.2, 0.25) is 0 Å². The maximum absolute atomic E-state index is 14.1. The van der Waals surface area contributed by atoms with Crippen LogP contribution in [0, 0.1) is 17.5 Å². The molecule has 0 radical (unpaired) electrons. The molecule has 1 N–H and O–H groups in total. The molecule has 3 aromatic carbocycles. The van der Waals surface area contributed by atoms with E-state index in [0.717, 1.165) is 17.7 Å². The van der Waals surface area contributed by atoms with Gasteiger partial charge < -0.3 is 14.8 Å². The van der Waals surface area contributed by atoms with Gasteiger partial charge in [-0.15, -0.1) is 0 Å². The van der Waals surface area contributed by atoms with Gasteiger partial charge in [-0.25, -0.2) is 18.0 Å². The molecule has 186 valence electrons. The number of hydrogen-bond donors (Lipinski definition) is 1. The van der Waals surface area contributed by atoms with Gasteiger partial charge >= 0.3 is 12.2 Å². The summed E-state index contributed by atoms with van der Waals surface area (Å²) in [7, 11) is 0. The molecule has 4 nitrogen and oxygen atoms in total. The third-order valence-electron chi connectivity index (χ3n) is 5.40. The fraction of sp³-hybridized carbons (Fsp3) is 0.115. The molecule has 0 unspecified atom stereocenters. The smallest absolute Gasteiger partial charge is 0.319 e. The van der Waals surface area contributed by atoms with Crippen LogP contribution in [0.25, 0.3) is 5.69 Å². The summed E-state index contributed by atoms with van der Waals surface area (Å²) in [4.78, 5) is 14.4. The molecule has 1 heterocycles. The number of carbonyl (C=O) groups is 1. The molecule has 0 bridgehead atoms. The van der Waals surface area contributed by atoms with Gasteiger partial charge in [0, 0.05) is 36.3 Å². The number of aromatic nitrogens is 1. The van der Waals surface area contributed by atoms with E-state index in [2.05, 4.69) is 5.32 Å². The van der Waals surface area contributed by atoms with Crippen molar-refractivity contribution < 1.29 is 31.1 Å². The predicted octanol–water partition coefficient (Wildman–Crippen LogP) is 7.15. The molecule has 0 aliphatic rings. The number of urea groups is 1. The van der Waals surface area contributed by atoms with Crippen LogP contribution in [0.2, 0.25) is 0 Å². The Kier molecular flexibility index (Phi) is 7.05. The predicted molar refractivity (Wildman–Crippen MR) is 122 cm³/mol. The van der Waals surface area contributed by atoms with Gasteiger partial charge in [0.15, 0.2) is 11.6 Å². The Morgan fingerprint density at radius 1 is 0.833 bits per heavy atom. The number of nitrogens with one attached hydrogen (secondary N) is 1. The fourth-order valence-corrected chi connectivity index (χ4v) is 3.65. The lowest BCUT2D eigenvalue weighted by atomic mass is 10.2. The fourth-order valence-electron chi connectivity index (χ4n) is 3.65. The minimum Gasteiger partial charge on any atom is -0.319 e. The zero-order chi connectivity index (χ0) is 25.9. The maximum atomic E-state index is 14.1. The molecule has 0 spiro atoms. The highest BCUT2D eigenvalue weighted by atomic mass is 19.4. The second-order valence-electron chi connectivity index (χ2n) is 7.93. The topological polar surface area (TPSA) is 37.3 Å². The molecular formula is C26H19F6N3O. The third-order valence-corrected chi connectivity index (χ3v) is 5.40. The first-order chi connectivity index (χ1) is 17.1. The van der Waals surface area contributed by atoms with Crippen LogP contribution in [-0.4, -0.2) is 15.5 Å². The van der Waals surface area contributed by atoms with Crippen LogP contribution < -0.4 is 5.32 Å². The first-order valence-electron chi connectivity index (χ1n) is 10.7. The molecule has 0 fully saturated rings. The minimum absolute atomic E-state index is 0.0509. The molecule has 1 aromatic heterocycles. The average Bonchev–Trinajstić information content (AvgIpc) is 3.29. The van der Waals surface area contributed by atoms with E-state index in [9.17, 15) is 31.1 Å². The second kappa shape index (κ2) is 10.2. The lowest BCUT2D eigenvalue weighted by Gasteiger charge is -2.24. The van der Waals surface area contributed by atoms with E-state index < -0.39 is 40.9 Å². The highest BCUT2D eigenvalue weighted by Gasteiger charge is 2.30. The Morgan fingerprint density at radius 3 is 2.08 bits per heavy atom. The van der Waals surface area contributed by atoms with Gasteiger partial charge in [0.25, 0.3) is 0 Å². The summed E-state index contributed by atoms with van der Waals surface area (Å²) in [5, 5.41) is 2.16. The number of benzene rings is 3. The summed E-state index contributed by atoms with van der Waals surface area (Å²) in [6.45, 7) is -0.00548. The van der Waals surface area contributed by atoms with Crippen LogP contribution in [-0.2, 0) is 19.3 Å². The number of halogens is 6. The number of hydrogen-bond acceptors (Lipinski definition) is 1. The van der Waals surface area contributed by atoms with Gasteiger partial charge in [-0.3, -0.25) is 0 Å². The molecule has 4 rings (SSSR count). The zero-order valence-electron chi connectivity index (χ0n) is 18.6. The highest BCUT2D eigenvalue weighted by Crippen LogP contribution is 2.30. The highest BCUT2D eigenvalue weighted by molar-refractivity contribution is 5.89. The first-order valence-corrected chi connectivity index (χ1v) is 10.7. The molecule has 0 atom stereocenters. The van der Waals surface area contributed by atoms with Crippen molar-refractivity contribution in [3.05, 3.63) is 119 Å². The SMILES string of the molecule is O=C(Nc1c(F)cc(F)cc1F)N(Cc1ccccc1)Cc1cccn1-c1ccc(C(F)(F)F)cc1. The van der Waals surface area contributed by atoms with E-state index >= 15 is 0 Å². The lowest BCUT2D eigenvalue weighted by Crippen LogP contribution is -2.35. The number of amides is 2. The molecule has 0 aliphatic carbocycles. The summed E-state index contributed by atoms with van der Waals surface area (Å²) in [5.74, 6) is -3.67. The quantitative estimate of drug-likeness (QED) is 0.279. The number of carbonyl (C=O) groups excluding carboxylic acids is 1. The number of nitrogens with zero attached hydrogens (tertiary/aromatic N) is 2. The average molecular weight is 503 g/mol. The molecule has 0 aliphatic heterocycles. The second-order valence-corrected chi connectivity index (χ2v) is 7.93. The van der Waals surface area contributed by atoms with Crippen molar-refractivity contribution in [2.45, 2.75) is 19.3 Å². The zero-order valence-corrected chi connectivity index (χ0v) is 18.6. The number of anilines is 1. The van der Waals surface area contributed by atoms with Crippen LogP contribution in [0.4, 0.5) is 36.8 Å². The maximum Gasteiger partial charge on any atom is 0.416 e. The minimum atomic E-state index is -4.48. The van der Waals surface area contributed by atoms with Gasteiger partial charge in [0.1, 0.15) is 11.5 Å². The van der Waals surface area contributed by atoms with E-state index in [1.54, 1.807) is 53.2 Å². The largest absolute Gasteiger partial charge is 0.416 e. The molecule has 2 amide bonds. The van der Waals surface area contributed by atoms with Crippen LogP contribution in [0.15, 0.2) is 85.1 Å². The Balaban J connectivity index is 1.62. The van der Waals surface area contributed by atoms with E-state index in [-0.39, 0.29) is 13.1 Å². The van der Waals surface area contributed by atoms with Crippen molar-refractivity contribution in [1.82, 2.24) is 9.47 Å². The summed E-state index contributed by atoms with van der Waals surface area (Å²) in [6.07, 6.45) is -2.86. The molecule has 36 heavy (non-hydrogen) atoms. The van der Waals surface area contributed by atoms with Crippen molar-refractivity contribution in [3.63, 3.8) is 0 Å². The van der Waals surface area contributed by atoms with Crippen molar-refractivity contribution in [1.29, 1.82) is 0 Å². The number of alkyl halides is 3. The Morgan fingerprint density at radius 2 is 1.47 bits per heavy atom. The molecular weight excluding hydrogens is 484 g/mol. The van der Waals surface area contributed by atoms with E-state index in [1.165, 1.54) is 17.0 Å². The normalized spacial score (nSPS) is 11.4. The van der Waals surface area contributed by atoms with Gasteiger partial charge in [-0.1, -0.05) is 30.3 Å². The molecule has 0 saturated heterocycles. The lowest BCUT2D eigenvalue weighted by molar-refractivity contribution is -0.137. The van der Waals surface area contributed by atoms with Crippen LogP contribution in [0.1, 0.15) is 16.8 Å². The Hall–Kier alpha value is -4.21. The summed E-state index contributed by atoms with van der Waals surface area (Å²) >= 11 is 0. The Bertz CT molecular complexity index is 1330. The van der Waals surface area contributed by atoms with Gasteiger partial charge in [0.05, 0.1) is 12.1 Å². The third kappa shape index (κ3) is 5.70. The van der Waals surface area contributed by atoms with E-state index in [4.69, 9.17) is 0 Å². The van der Waals surface area contributed by atoms with E-state index in [0.29, 0.717) is 23.5 Å². The molecule has 4 aromatic rings. The molecule has 10 heteroatoms. The van der Waals surface area contributed by atoms with Crippen molar-refractivity contribution in [3.8, 4) is 5.69 Å². The monoisotopic (exact) mass is 503 g/mol. The van der Waals surface area contributed by atoms with Gasteiger partial charge in [-0.2, -0.15) is 13.2 Å². The van der Waals surface area contributed by atoms with Crippen LogP contribution in [0.5, 0.6) is 0 Å². The Labute approximate surface area is 202 Å². The molecule has 0 saturated carbocycles. The van der Waals surface area contributed by atoms with Crippen LogP contribution >= 0.6 is 0 Å². The van der Waals surface area contributed by atoms with Crippen molar-refractivity contribution >= 4 is 11.7 Å².